The van der Waals surface area contributed by atoms with Crippen LogP contribution in [0, 0.1) is 17.9 Å². The van der Waals surface area contributed by atoms with Crippen molar-refractivity contribution in [2.24, 2.45) is 0 Å². The number of allylic oxidation sites excluding steroid dienone is 1. The second-order valence-electron chi connectivity index (χ2n) is 9.03. The summed E-state index contributed by atoms with van der Waals surface area (Å²) in [6.45, 7) is 12.9. The molecule has 184 valence electrons. The molecule has 0 aliphatic rings. The second kappa shape index (κ2) is 13.0. The van der Waals surface area contributed by atoms with Crippen LogP contribution in [0.15, 0.2) is 66.5 Å². The first-order chi connectivity index (χ1) is 16.6. The van der Waals surface area contributed by atoms with Crippen LogP contribution in [0.2, 0.25) is 0 Å². The first-order valence-electron chi connectivity index (χ1n) is 11.2. The van der Waals surface area contributed by atoms with Gasteiger partial charge in [-0.15, -0.1) is 0 Å². The number of nitrogens with zero attached hydrogens (tertiary/aromatic N) is 3. The number of benzene rings is 2. The zero-order valence-electron chi connectivity index (χ0n) is 20.6. The molecule has 0 aromatic heterocycles. The van der Waals surface area contributed by atoms with E-state index in [4.69, 9.17) is 16.0 Å². The number of carbonyl (C=O) groups is 1. The van der Waals surface area contributed by atoms with E-state index in [1.165, 1.54) is 6.20 Å². The second-order valence-corrected chi connectivity index (χ2v) is 9.03. The molecular formula is C27H32N4O4. The minimum absolute atomic E-state index is 0.0695. The van der Waals surface area contributed by atoms with Gasteiger partial charge in [0.05, 0.1) is 31.9 Å². The zero-order valence-corrected chi connectivity index (χ0v) is 20.6. The summed E-state index contributed by atoms with van der Waals surface area (Å²) in [5, 5.41) is 23.2. The Balaban J connectivity index is 2.26. The minimum atomic E-state index is -1.03. The number of aliphatic hydroxyl groups is 1. The maximum absolute atomic E-state index is 12.5. The molecule has 0 saturated heterocycles. The number of nitriles is 1. The molecule has 2 aromatic carbocycles. The van der Waals surface area contributed by atoms with Gasteiger partial charge in [0.1, 0.15) is 11.4 Å². The maximum atomic E-state index is 12.5. The fourth-order valence-electron chi connectivity index (χ4n) is 3.36. The summed E-state index contributed by atoms with van der Waals surface area (Å²) in [5.41, 5.74) is 1.04. The van der Waals surface area contributed by atoms with Gasteiger partial charge in [-0.25, -0.2) is 14.9 Å². The van der Waals surface area contributed by atoms with Gasteiger partial charge >= 0.3 is 6.09 Å². The van der Waals surface area contributed by atoms with Gasteiger partial charge in [0.15, 0.2) is 0 Å². The fraction of sp³-hybridized carbons (Fsp3) is 0.370. The molecule has 0 saturated carbocycles. The van der Waals surface area contributed by atoms with E-state index >= 15 is 0 Å². The summed E-state index contributed by atoms with van der Waals surface area (Å²) in [6, 6.07) is 18.1. The van der Waals surface area contributed by atoms with Crippen LogP contribution < -0.4 is 10.1 Å². The predicted molar refractivity (Wildman–Crippen MR) is 133 cm³/mol. The highest BCUT2D eigenvalue weighted by Gasteiger charge is 2.26. The number of amides is 1. The van der Waals surface area contributed by atoms with Gasteiger partial charge < -0.3 is 24.8 Å². The average molecular weight is 477 g/mol. The lowest BCUT2D eigenvalue weighted by atomic mass is 10.0. The van der Waals surface area contributed by atoms with Crippen molar-refractivity contribution < 1.29 is 19.4 Å². The first-order valence-corrected chi connectivity index (χ1v) is 11.2. The molecule has 2 aromatic rings. The van der Waals surface area contributed by atoms with Crippen molar-refractivity contribution in [3.63, 3.8) is 0 Å². The van der Waals surface area contributed by atoms with Crippen molar-refractivity contribution in [2.45, 2.75) is 51.5 Å². The molecule has 0 spiro atoms. The number of rotatable bonds is 10. The molecule has 0 fully saturated rings. The van der Waals surface area contributed by atoms with E-state index in [2.05, 4.69) is 10.2 Å². The van der Waals surface area contributed by atoms with E-state index < -0.39 is 23.8 Å². The Hall–Kier alpha value is -4.01. The molecule has 0 aliphatic carbocycles. The monoisotopic (exact) mass is 476 g/mol. The molecule has 35 heavy (non-hydrogen) atoms. The summed E-state index contributed by atoms with van der Waals surface area (Å²) >= 11 is 0. The molecule has 2 rings (SSSR count). The van der Waals surface area contributed by atoms with E-state index in [0.29, 0.717) is 18.7 Å². The lowest BCUT2D eigenvalue weighted by molar-refractivity contribution is 0.0387. The van der Waals surface area contributed by atoms with Crippen LogP contribution in [0.3, 0.4) is 0 Å². The number of carbonyl (C=O) groups excluding carboxylic acids is 1. The number of ether oxygens (including phenoxy) is 2. The Labute approximate surface area is 207 Å². The normalized spacial score (nSPS) is 13.1. The van der Waals surface area contributed by atoms with Crippen molar-refractivity contribution in [2.75, 3.05) is 13.7 Å². The molecule has 0 heterocycles. The highest BCUT2D eigenvalue weighted by atomic mass is 16.6. The van der Waals surface area contributed by atoms with Crippen LogP contribution in [0.4, 0.5) is 4.79 Å². The third kappa shape index (κ3) is 9.79. The zero-order chi connectivity index (χ0) is 25.8. The van der Waals surface area contributed by atoms with Gasteiger partial charge in [-0.3, -0.25) is 0 Å². The number of nitrogens with one attached hydrogen (secondary N) is 1. The van der Waals surface area contributed by atoms with Crippen molar-refractivity contribution in [1.82, 2.24) is 10.2 Å². The summed E-state index contributed by atoms with van der Waals surface area (Å²) in [4.78, 5) is 17.4. The van der Waals surface area contributed by atoms with Crippen LogP contribution in [0.25, 0.3) is 4.85 Å². The number of hydrogen-bond donors (Lipinski definition) is 2. The van der Waals surface area contributed by atoms with Gasteiger partial charge in [-0.2, -0.15) is 0 Å². The molecular weight excluding hydrogens is 444 g/mol. The van der Waals surface area contributed by atoms with Crippen molar-refractivity contribution in [1.29, 1.82) is 5.26 Å². The Bertz CT molecular complexity index is 1050. The standard InChI is InChI=1S/C27H32N4O4/c1-27(2,3)35-26(33)30-24(15-20-9-7-6-8-10-20)25(32)19-31(18-22(16-28)29-4)17-21-11-13-23(34-5)14-12-21/h6-14,18,24-25,32H,15,17,19H2,1-3,5H3,(H,30,33)/b22-18-/t24-,25?/m0/s1. The molecule has 1 amide bonds. The van der Waals surface area contributed by atoms with Crippen molar-refractivity contribution in [3.8, 4) is 11.8 Å². The molecule has 0 radical (unpaired) electrons. The Morgan fingerprint density at radius 3 is 2.40 bits per heavy atom. The van der Waals surface area contributed by atoms with E-state index in [-0.39, 0.29) is 12.2 Å². The number of alkyl carbamates (subject to hydrolysis) is 1. The van der Waals surface area contributed by atoms with Crippen molar-refractivity contribution >= 4 is 6.09 Å². The highest BCUT2D eigenvalue weighted by Crippen LogP contribution is 2.16. The van der Waals surface area contributed by atoms with Crippen LogP contribution in [-0.2, 0) is 17.7 Å². The highest BCUT2D eigenvalue weighted by molar-refractivity contribution is 5.68. The fourth-order valence-corrected chi connectivity index (χ4v) is 3.36. The molecule has 2 atom stereocenters. The van der Waals surface area contributed by atoms with Crippen LogP contribution >= 0.6 is 0 Å². The Kier molecular flexibility index (Phi) is 10.1. The largest absolute Gasteiger partial charge is 0.497 e. The van der Waals surface area contributed by atoms with Gasteiger partial charge in [0.25, 0.3) is 5.70 Å². The number of aliphatic hydroxyl groups excluding tert-OH is 1. The summed E-state index contributed by atoms with van der Waals surface area (Å²) < 4.78 is 10.6. The minimum Gasteiger partial charge on any atom is -0.497 e. The average Bonchev–Trinajstić information content (AvgIpc) is 2.82. The molecule has 0 bridgehead atoms. The quantitative estimate of drug-likeness (QED) is 0.392. The molecule has 0 aliphatic heterocycles. The maximum Gasteiger partial charge on any atom is 0.407 e. The third-order valence-corrected chi connectivity index (χ3v) is 4.97. The summed E-state index contributed by atoms with van der Waals surface area (Å²) in [7, 11) is 1.58. The van der Waals surface area contributed by atoms with Crippen molar-refractivity contribution in [3.05, 3.63) is 89.0 Å². The SMILES string of the molecule is [C-]#[N+]/C(C#N)=C\N(Cc1ccc(OC)cc1)CC(O)[C@H](Cc1ccccc1)NC(=O)OC(C)(C)C. The lowest BCUT2D eigenvalue weighted by Crippen LogP contribution is -2.50. The Morgan fingerprint density at radius 1 is 1.20 bits per heavy atom. The lowest BCUT2D eigenvalue weighted by Gasteiger charge is -2.30. The first kappa shape index (κ1) is 27.2. The van der Waals surface area contributed by atoms with E-state index in [0.717, 1.165) is 11.1 Å². The summed E-state index contributed by atoms with van der Waals surface area (Å²) in [6.07, 6.45) is 0.138. The third-order valence-electron chi connectivity index (χ3n) is 4.97. The topological polar surface area (TPSA) is 99.2 Å². The van der Waals surface area contributed by atoms with Crippen LogP contribution in [-0.4, -0.2) is 47.5 Å². The molecule has 8 nitrogen and oxygen atoms in total. The predicted octanol–water partition coefficient (Wildman–Crippen LogP) is 4.28. The van der Waals surface area contributed by atoms with Gasteiger partial charge in [0, 0.05) is 19.3 Å². The van der Waals surface area contributed by atoms with Gasteiger partial charge in [0.2, 0.25) is 0 Å². The van der Waals surface area contributed by atoms with E-state index in [9.17, 15) is 15.2 Å². The molecule has 2 N–H and O–H groups in total. The van der Waals surface area contributed by atoms with Gasteiger partial charge in [-0.05, 0) is 50.5 Å². The number of methoxy groups -OCH3 is 1. The number of hydrogen-bond acceptors (Lipinski definition) is 6. The van der Waals surface area contributed by atoms with Crippen LogP contribution in [0.5, 0.6) is 5.75 Å². The molecule has 1 unspecified atom stereocenters. The molecule has 8 heteroatoms. The smallest absolute Gasteiger partial charge is 0.407 e. The van der Waals surface area contributed by atoms with Crippen LogP contribution in [0.1, 0.15) is 31.9 Å². The summed E-state index contributed by atoms with van der Waals surface area (Å²) in [5.74, 6) is 0.708. The van der Waals surface area contributed by atoms with E-state index in [1.807, 2.05) is 60.7 Å². The van der Waals surface area contributed by atoms with E-state index in [1.54, 1.807) is 32.8 Å². The van der Waals surface area contributed by atoms with Gasteiger partial charge in [-0.1, -0.05) is 42.5 Å². The Morgan fingerprint density at radius 2 is 1.86 bits per heavy atom.